The Labute approximate surface area is 169 Å². The molecule has 0 fully saturated rings. The third-order valence-corrected chi connectivity index (χ3v) is 6.17. The Bertz CT molecular complexity index is 1090. The summed E-state index contributed by atoms with van der Waals surface area (Å²) in [5.41, 5.74) is 1.75. The van der Waals surface area contributed by atoms with Gasteiger partial charge in [-0.3, -0.25) is 4.79 Å². The molecule has 1 N–H and O–H groups in total. The molecule has 0 heterocycles. The maximum Gasteiger partial charge on any atom is 0.243 e. The molecular weight excluding hydrogens is 391 g/mol. The SMILES string of the molecule is Cc1cc(F)ccc1NC(=O)CN(Cc1ccccc1)S(=O)(=O)c1ccccc1. The van der Waals surface area contributed by atoms with E-state index < -0.39 is 21.7 Å². The van der Waals surface area contributed by atoms with Gasteiger partial charge in [0.1, 0.15) is 5.82 Å². The predicted octanol–water partition coefficient (Wildman–Crippen LogP) is 3.96. The minimum Gasteiger partial charge on any atom is -0.325 e. The van der Waals surface area contributed by atoms with E-state index in [2.05, 4.69) is 5.32 Å². The molecule has 0 aliphatic rings. The van der Waals surface area contributed by atoms with Gasteiger partial charge in [0.15, 0.2) is 0 Å². The van der Waals surface area contributed by atoms with Crippen LogP contribution in [0.5, 0.6) is 0 Å². The van der Waals surface area contributed by atoms with Crippen LogP contribution in [0.3, 0.4) is 0 Å². The van der Waals surface area contributed by atoms with E-state index in [1.165, 1.54) is 30.3 Å². The minimum absolute atomic E-state index is 0.0495. The Hall–Kier alpha value is -3.03. The number of sulfonamides is 1. The molecule has 0 spiro atoms. The molecule has 0 bridgehead atoms. The molecular formula is C22H21FN2O3S. The van der Waals surface area contributed by atoms with Crippen LogP contribution < -0.4 is 5.32 Å². The summed E-state index contributed by atoms with van der Waals surface area (Å²) in [6.07, 6.45) is 0. The molecule has 1 amide bonds. The Morgan fingerprint density at radius 2 is 1.59 bits per heavy atom. The Kier molecular flexibility index (Phi) is 6.41. The quantitative estimate of drug-likeness (QED) is 0.639. The molecule has 150 valence electrons. The molecule has 0 unspecified atom stereocenters. The minimum atomic E-state index is -3.89. The highest BCUT2D eigenvalue weighted by molar-refractivity contribution is 7.89. The lowest BCUT2D eigenvalue weighted by Crippen LogP contribution is -2.37. The number of carbonyl (C=O) groups excluding carboxylic acids is 1. The molecule has 29 heavy (non-hydrogen) atoms. The van der Waals surface area contributed by atoms with Gasteiger partial charge in [-0.15, -0.1) is 0 Å². The lowest BCUT2D eigenvalue weighted by molar-refractivity contribution is -0.116. The van der Waals surface area contributed by atoms with Gasteiger partial charge in [-0.25, -0.2) is 12.8 Å². The number of nitrogens with zero attached hydrogens (tertiary/aromatic N) is 1. The van der Waals surface area contributed by atoms with Crippen molar-refractivity contribution in [3.05, 3.63) is 95.8 Å². The first-order chi connectivity index (χ1) is 13.9. The van der Waals surface area contributed by atoms with Crippen molar-refractivity contribution < 1.29 is 17.6 Å². The molecule has 0 radical (unpaired) electrons. The van der Waals surface area contributed by atoms with Gasteiger partial charge in [0, 0.05) is 12.2 Å². The second-order valence-corrected chi connectivity index (χ2v) is 8.52. The maximum atomic E-state index is 13.3. The summed E-state index contributed by atoms with van der Waals surface area (Å²) in [4.78, 5) is 12.7. The van der Waals surface area contributed by atoms with Crippen molar-refractivity contribution in [2.24, 2.45) is 0 Å². The fourth-order valence-electron chi connectivity index (χ4n) is 2.87. The zero-order valence-corrected chi connectivity index (χ0v) is 16.7. The molecule has 3 rings (SSSR count). The largest absolute Gasteiger partial charge is 0.325 e. The van der Waals surface area contributed by atoms with Gasteiger partial charge >= 0.3 is 0 Å². The highest BCUT2D eigenvalue weighted by Crippen LogP contribution is 2.20. The first-order valence-electron chi connectivity index (χ1n) is 9.01. The van der Waals surface area contributed by atoms with Crippen LogP contribution >= 0.6 is 0 Å². The lowest BCUT2D eigenvalue weighted by atomic mass is 10.2. The van der Waals surface area contributed by atoms with Crippen molar-refractivity contribution in [2.75, 3.05) is 11.9 Å². The van der Waals surface area contributed by atoms with Gasteiger partial charge in [-0.1, -0.05) is 48.5 Å². The average Bonchev–Trinajstić information content (AvgIpc) is 2.71. The van der Waals surface area contributed by atoms with Gasteiger partial charge in [-0.2, -0.15) is 4.31 Å². The Balaban J connectivity index is 1.85. The molecule has 3 aromatic carbocycles. The summed E-state index contributed by atoms with van der Waals surface area (Å²) in [7, 11) is -3.89. The molecule has 3 aromatic rings. The van der Waals surface area contributed by atoms with Crippen molar-refractivity contribution >= 4 is 21.6 Å². The van der Waals surface area contributed by atoms with E-state index >= 15 is 0 Å². The summed E-state index contributed by atoms with van der Waals surface area (Å²) in [6.45, 7) is 1.35. The topological polar surface area (TPSA) is 66.5 Å². The van der Waals surface area contributed by atoms with Gasteiger partial charge in [-0.05, 0) is 48.4 Å². The number of anilines is 1. The normalized spacial score (nSPS) is 11.4. The molecule has 0 saturated carbocycles. The van der Waals surface area contributed by atoms with Gasteiger partial charge in [0.25, 0.3) is 0 Å². The predicted molar refractivity (Wildman–Crippen MR) is 110 cm³/mol. The van der Waals surface area contributed by atoms with Crippen LogP contribution in [0.15, 0.2) is 83.8 Å². The van der Waals surface area contributed by atoms with Crippen molar-refractivity contribution in [2.45, 2.75) is 18.4 Å². The zero-order valence-electron chi connectivity index (χ0n) is 15.9. The van der Waals surface area contributed by atoms with E-state index in [1.54, 1.807) is 37.3 Å². The zero-order chi connectivity index (χ0) is 20.9. The van der Waals surface area contributed by atoms with E-state index in [9.17, 15) is 17.6 Å². The number of carbonyl (C=O) groups is 1. The molecule has 7 heteroatoms. The third-order valence-electron chi connectivity index (χ3n) is 4.37. The second-order valence-electron chi connectivity index (χ2n) is 6.58. The first-order valence-corrected chi connectivity index (χ1v) is 10.5. The van der Waals surface area contributed by atoms with E-state index in [-0.39, 0.29) is 18.0 Å². The van der Waals surface area contributed by atoms with Crippen LogP contribution in [0.2, 0.25) is 0 Å². The van der Waals surface area contributed by atoms with Crippen LogP contribution in [0, 0.1) is 12.7 Å². The van der Waals surface area contributed by atoms with Crippen molar-refractivity contribution in [3.63, 3.8) is 0 Å². The number of rotatable bonds is 7. The summed E-state index contributed by atoms with van der Waals surface area (Å²) >= 11 is 0. The monoisotopic (exact) mass is 412 g/mol. The van der Waals surface area contributed by atoms with Crippen molar-refractivity contribution in [1.29, 1.82) is 0 Å². The molecule has 0 saturated heterocycles. The van der Waals surface area contributed by atoms with Gasteiger partial charge in [0.2, 0.25) is 15.9 Å². The number of nitrogens with one attached hydrogen (secondary N) is 1. The number of benzene rings is 3. The molecule has 0 atom stereocenters. The fourth-order valence-corrected chi connectivity index (χ4v) is 4.28. The molecule has 0 aliphatic heterocycles. The Morgan fingerprint density at radius 3 is 2.21 bits per heavy atom. The first kappa shape index (κ1) is 20.7. The standard InChI is InChI=1S/C22H21FN2O3S/c1-17-14-19(23)12-13-21(17)24-22(26)16-25(15-18-8-4-2-5-9-18)29(27,28)20-10-6-3-7-11-20/h2-14H,15-16H2,1H3,(H,24,26). The summed E-state index contributed by atoms with van der Waals surface area (Å²) in [5.74, 6) is -0.909. The number of hydrogen-bond acceptors (Lipinski definition) is 3. The Morgan fingerprint density at radius 1 is 0.966 bits per heavy atom. The summed E-state index contributed by atoms with van der Waals surface area (Å²) in [5, 5.41) is 2.67. The van der Waals surface area contributed by atoms with E-state index in [1.807, 2.05) is 18.2 Å². The summed E-state index contributed by atoms with van der Waals surface area (Å²) in [6, 6.07) is 21.0. The van der Waals surface area contributed by atoms with E-state index in [0.29, 0.717) is 11.3 Å². The average molecular weight is 412 g/mol. The maximum absolute atomic E-state index is 13.3. The number of hydrogen-bond donors (Lipinski definition) is 1. The smallest absolute Gasteiger partial charge is 0.243 e. The van der Waals surface area contributed by atoms with Crippen LogP contribution in [-0.4, -0.2) is 25.2 Å². The van der Waals surface area contributed by atoms with Crippen LogP contribution in [0.1, 0.15) is 11.1 Å². The van der Waals surface area contributed by atoms with Gasteiger partial charge in [0.05, 0.1) is 11.4 Å². The third kappa shape index (κ3) is 5.28. The van der Waals surface area contributed by atoms with Crippen molar-refractivity contribution in [3.8, 4) is 0 Å². The number of halogens is 1. The van der Waals surface area contributed by atoms with Crippen LogP contribution in [0.25, 0.3) is 0 Å². The van der Waals surface area contributed by atoms with E-state index in [0.717, 1.165) is 9.87 Å². The highest BCUT2D eigenvalue weighted by Gasteiger charge is 2.27. The number of amides is 1. The van der Waals surface area contributed by atoms with Crippen LogP contribution in [-0.2, 0) is 21.4 Å². The lowest BCUT2D eigenvalue weighted by Gasteiger charge is -2.22. The van der Waals surface area contributed by atoms with E-state index in [4.69, 9.17) is 0 Å². The van der Waals surface area contributed by atoms with Gasteiger partial charge < -0.3 is 5.32 Å². The number of aryl methyl sites for hydroxylation is 1. The van der Waals surface area contributed by atoms with Crippen LogP contribution in [0.4, 0.5) is 10.1 Å². The summed E-state index contributed by atoms with van der Waals surface area (Å²) < 4.78 is 40.7. The second kappa shape index (κ2) is 8.98. The van der Waals surface area contributed by atoms with Crippen molar-refractivity contribution in [1.82, 2.24) is 4.31 Å². The fraction of sp³-hybridized carbons (Fsp3) is 0.136. The highest BCUT2D eigenvalue weighted by atomic mass is 32.2. The molecule has 5 nitrogen and oxygen atoms in total. The molecule has 0 aromatic heterocycles. The molecule has 0 aliphatic carbocycles.